The van der Waals surface area contributed by atoms with Crippen molar-refractivity contribution >= 4 is 11.8 Å². The summed E-state index contributed by atoms with van der Waals surface area (Å²) in [5, 5.41) is 4.83. The van der Waals surface area contributed by atoms with Gasteiger partial charge in [0.05, 0.1) is 17.8 Å². The molecule has 0 radical (unpaired) electrons. The number of benzene rings is 2. The molecule has 1 aromatic heterocycles. The number of amides is 2. The molecule has 36 heavy (non-hydrogen) atoms. The molecule has 2 aromatic carbocycles. The van der Waals surface area contributed by atoms with Crippen LogP contribution in [0.5, 0.6) is 0 Å². The second kappa shape index (κ2) is 11.5. The maximum absolute atomic E-state index is 13.7. The number of carbonyl (C=O) groups is 2. The Hall–Kier alpha value is -3.45. The van der Waals surface area contributed by atoms with Crippen molar-refractivity contribution in [2.45, 2.75) is 33.6 Å². The molecular formula is C29H37N5O2. The van der Waals surface area contributed by atoms with Crippen molar-refractivity contribution in [1.29, 1.82) is 0 Å². The zero-order chi connectivity index (χ0) is 25.7. The topological polar surface area (TPSA) is 61.7 Å². The van der Waals surface area contributed by atoms with Gasteiger partial charge in [0.2, 0.25) is 5.91 Å². The fraction of sp³-hybridized carbons (Fsp3) is 0.414. The third-order valence-corrected chi connectivity index (χ3v) is 6.99. The number of hydrogen-bond acceptors (Lipinski definition) is 4. The first kappa shape index (κ1) is 25.6. The molecule has 1 fully saturated rings. The normalized spacial score (nSPS) is 14.1. The first-order valence-electron chi connectivity index (χ1n) is 13.0. The Kier molecular flexibility index (Phi) is 8.21. The highest BCUT2D eigenvalue weighted by Gasteiger charge is 2.28. The zero-order valence-electron chi connectivity index (χ0n) is 21.9. The Morgan fingerprint density at radius 1 is 0.889 bits per heavy atom. The van der Waals surface area contributed by atoms with Crippen molar-refractivity contribution in [1.82, 2.24) is 24.5 Å². The van der Waals surface area contributed by atoms with E-state index in [4.69, 9.17) is 5.10 Å². The maximum atomic E-state index is 13.7. The molecule has 0 unspecified atom stereocenters. The SMILES string of the molecule is CCN(CC)CC(=O)N1CCN(C(=O)c2cn(-c3ccccc3)nc2-c2ccc(C(C)C)cc2)CC1. The summed E-state index contributed by atoms with van der Waals surface area (Å²) in [7, 11) is 0. The number of carbonyl (C=O) groups excluding carboxylic acids is 2. The number of aromatic nitrogens is 2. The predicted octanol–water partition coefficient (Wildman–Crippen LogP) is 4.29. The summed E-state index contributed by atoms with van der Waals surface area (Å²) >= 11 is 0. The van der Waals surface area contributed by atoms with Gasteiger partial charge in [0.15, 0.2) is 0 Å². The lowest BCUT2D eigenvalue weighted by atomic mass is 9.99. The molecule has 7 heteroatoms. The lowest BCUT2D eigenvalue weighted by Crippen LogP contribution is -2.52. The molecular weight excluding hydrogens is 450 g/mol. The van der Waals surface area contributed by atoms with Gasteiger partial charge < -0.3 is 9.80 Å². The van der Waals surface area contributed by atoms with Gasteiger partial charge in [-0.3, -0.25) is 14.5 Å². The second-order valence-corrected chi connectivity index (χ2v) is 9.58. The average molecular weight is 488 g/mol. The first-order chi connectivity index (χ1) is 17.4. The van der Waals surface area contributed by atoms with E-state index in [0.717, 1.165) is 24.3 Å². The molecule has 7 nitrogen and oxygen atoms in total. The molecule has 0 bridgehead atoms. The number of nitrogens with zero attached hydrogens (tertiary/aromatic N) is 5. The van der Waals surface area contributed by atoms with Gasteiger partial charge in [-0.15, -0.1) is 0 Å². The van der Waals surface area contributed by atoms with Crippen LogP contribution in [0, 0.1) is 0 Å². The van der Waals surface area contributed by atoms with Crippen molar-refractivity contribution in [3.63, 3.8) is 0 Å². The molecule has 1 aliphatic heterocycles. The van der Waals surface area contributed by atoms with Gasteiger partial charge in [-0.2, -0.15) is 5.10 Å². The molecule has 0 saturated carbocycles. The lowest BCUT2D eigenvalue weighted by Gasteiger charge is -2.35. The van der Waals surface area contributed by atoms with Gasteiger partial charge in [0, 0.05) is 37.9 Å². The van der Waals surface area contributed by atoms with Gasteiger partial charge in [-0.1, -0.05) is 70.2 Å². The number of piperazine rings is 1. The average Bonchev–Trinajstić information content (AvgIpc) is 3.37. The minimum atomic E-state index is -0.0454. The first-order valence-corrected chi connectivity index (χ1v) is 13.0. The van der Waals surface area contributed by atoms with Crippen LogP contribution >= 0.6 is 0 Å². The van der Waals surface area contributed by atoms with Crippen molar-refractivity contribution in [2.75, 3.05) is 45.8 Å². The Morgan fingerprint density at radius 3 is 2.08 bits per heavy atom. The summed E-state index contributed by atoms with van der Waals surface area (Å²) in [6, 6.07) is 18.2. The fourth-order valence-electron chi connectivity index (χ4n) is 4.55. The molecule has 3 aromatic rings. The molecule has 1 saturated heterocycles. The van der Waals surface area contributed by atoms with Crippen molar-refractivity contribution in [2.24, 2.45) is 0 Å². The van der Waals surface area contributed by atoms with Crippen LogP contribution in [-0.4, -0.2) is 82.1 Å². The number of likely N-dealkylation sites (N-methyl/N-ethyl adjacent to an activating group) is 1. The lowest BCUT2D eigenvalue weighted by molar-refractivity contribution is -0.133. The smallest absolute Gasteiger partial charge is 0.257 e. The van der Waals surface area contributed by atoms with Crippen LogP contribution in [0.4, 0.5) is 0 Å². The van der Waals surface area contributed by atoms with Gasteiger partial charge in [-0.25, -0.2) is 4.68 Å². The van der Waals surface area contributed by atoms with Crippen LogP contribution in [0.2, 0.25) is 0 Å². The molecule has 4 rings (SSSR count). The minimum absolute atomic E-state index is 0.0454. The van der Waals surface area contributed by atoms with Crippen LogP contribution in [-0.2, 0) is 4.79 Å². The largest absolute Gasteiger partial charge is 0.338 e. The van der Waals surface area contributed by atoms with E-state index in [9.17, 15) is 9.59 Å². The van der Waals surface area contributed by atoms with Crippen molar-refractivity contribution < 1.29 is 9.59 Å². The molecule has 2 heterocycles. The van der Waals surface area contributed by atoms with Gasteiger partial charge in [-0.05, 0) is 36.7 Å². The summed E-state index contributed by atoms with van der Waals surface area (Å²) < 4.78 is 1.78. The van der Waals surface area contributed by atoms with E-state index >= 15 is 0 Å². The standard InChI is InChI=1S/C29H37N5O2/c1-5-31(6-2)21-27(35)32-16-18-33(19-17-32)29(36)26-20-34(25-10-8-7-9-11-25)30-28(26)24-14-12-23(13-15-24)22(3)4/h7-15,20,22H,5-6,16-19,21H2,1-4H3. The second-order valence-electron chi connectivity index (χ2n) is 9.58. The predicted molar refractivity (Wildman–Crippen MR) is 143 cm³/mol. The molecule has 0 atom stereocenters. The van der Waals surface area contributed by atoms with E-state index in [2.05, 4.69) is 44.7 Å². The molecule has 0 N–H and O–H groups in total. The third-order valence-electron chi connectivity index (χ3n) is 6.99. The van der Waals surface area contributed by atoms with Crippen molar-refractivity contribution in [3.8, 4) is 16.9 Å². The van der Waals surface area contributed by atoms with Crippen LogP contribution in [0.1, 0.15) is 49.5 Å². The summed E-state index contributed by atoms with van der Waals surface area (Å²) in [6.07, 6.45) is 1.83. The Morgan fingerprint density at radius 2 is 1.50 bits per heavy atom. The third kappa shape index (κ3) is 5.68. The highest BCUT2D eigenvalue weighted by Crippen LogP contribution is 2.27. The summed E-state index contributed by atoms with van der Waals surface area (Å²) in [4.78, 5) is 32.3. The Labute approximate surface area is 214 Å². The number of hydrogen-bond donors (Lipinski definition) is 0. The van der Waals surface area contributed by atoms with Crippen LogP contribution in [0.25, 0.3) is 16.9 Å². The Bertz CT molecular complexity index is 1160. The monoisotopic (exact) mass is 487 g/mol. The fourth-order valence-corrected chi connectivity index (χ4v) is 4.55. The highest BCUT2D eigenvalue weighted by atomic mass is 16.2. The molecule has 0 spiro atoms. The molecule has 0 aliphatic carbocycles. The summed E-state index contributed by atoms with van der Waals surface area (Å²) in [6.45, 7) is 12.8. The zero-order valence-corrected chi connectivity index (χ0v) is 21.9. The highest BCUT2D eigenvalue weighted by molar-refractivity contribution is 6.00. The number of para-hydroxylation sites is 1. The van der Waals surface area contributed by atoms with Crippen LogP contribution < -0.4 is 0 Å². The van der Waals surface area contributed by atoms with Crippen LogP contribution in [0.3, 0.4) is 0 Å². The van der Waals surface area contributed by atoms with Gasteiger partial charge in [0.1, 0.15) is 5.69 Å². The minimum Gasteiger partial charge on any atom is -0.338 e. The molecule has 1 aliphatic rings. The van der Waals surface area contributed by atoms with E-state index in [1.807, 2.05) is 58.5 Å². The Balaban J connectivity index is 1.56. The van der Waals surface area contributed by atoms with E-state index in [-0.39, 0.29) is 11.8 Å². The molecule has 190 valence electrons. The summed E-state index contributed by atoms with van der Waals surface area (Å²) in [5.74, 6) is 0.521. The van der Waals surface area contributed by atoms with E-state index < -0.39 is 0 Å². The molecule has 2 amide bonds. The van der Waals surface area contributed by atoms with E-state index in [1.165, 1.54) is 5.56 Å². The van der Waals surface area contributed by atoms with Gasteiger partial charge in [0.25, 0.3) is 5.91 Å². The summed E-state index contributed by atoms with van der Waals surface area (Å²) in [5.41, 5.74) is 4.34. The van der Waals surface area contributed by atoms with Crippen molar-refractivity contribution in [3.05, 3.63) is 71.9 Å². The maximum Gasteiger partial charge on any atom is 0.257 e. The van der Waals surface area contributed by atoms with E-state index in [1.54, 1.807) is 4.68 Å². The van der Waals surface area contributed by atoms with Gasteiger partial charge >= 0.3 is 0 Å². The number of rotatable bonds is 8. The van der Waals surface area contributed by atoms with E-state index in [0.29, 0.717) is 49.9 Å². The quantitative estimate of drug-likeness (QED) is 0.476. The van der Waals surface area contributed by atoms with Crippen LogP contribution in [0.15, 0.2) is 60.8 Å².